The third-order valence-corrected chi connectivity index (χ3v) is 4.15. The zero-order valence-electron chi connectivity index (χ0n) is 11.9. The number of hydrogen-bond donors (Lipinski definition) is 2. The smallest absolute Gasteiger partial charge is 0.246 e. The van der Waals surface area contributed by atoms with Crippen molar-refractivity contribution in [1.29, 1.82) is 0 Å². The number of carbonyl (C=O) groups excluding carboxylic acids is 1. The van der Waals surface area contributed by atoms with E-state index in [4.69, 9.17) is 21.5 Å². The second-order valence-electron chi connectivity index (χ2n) is 5.41. The van der Waals surface area contributed by atoms with Gasteiger partial charge in [-0.15, -0.1) is 0 Å². The van der Waals surface area contributed by atoms with Crippen LogP contribution in [0, 0.1) is 5.92 Å². The Labute approximate surface area is 133 Å². The van der Waals surface area contributed by atoms with Crippen molar-refractivity contribution in [3.8, 4) is 11.5 Å². The number of halogens is 1. The molecule has 0 aliphatic heterocycles. The van der Waals surface area contributed by atoms with E-state index in [1.54, 1.807) is 17.6 Å². The van der Waals surface area contributed by atoms with Crippen molar-refractivity contribution >= 4 is 17.5 Å². The Kier molecular flexibility index (Phi) is 4.32. The highest BCUT2D eigenvalue weighted by Crippen LogP contribution is 2.31. The van der Waals surface area contributed by atoms with Crippen LogP contribution in [-0.2, 0) is 17.6 Å². The van der Waals surface area contributed by atoms with Crippen LogP contribution in [0.25, 0.3) is 0 Å². The molecule has 3 rings (SSSR count). The predicted octanol–water partition coefficient (Wildman–Crippen LogP) is 3.74. The number of benzene rings is 2. The zero-order valence-corrected chi connectivity index (χ0v) is 12.6. The number of amides is 1. The molecule has 0 aromatic heterocycles. The Hall–Kier alpha value is -2.04. The predicted molar refractivity (Wildman–Crippen MR) is 83.4 cm³/mol. The average molecular weight is 318 g/mol. The second-order valence-corrected chi connectivity index (χ2v) is 5.84. The molecule has 22 heavy (non-hydrogen) atoms. The minimum absolute atomic E-state index is 0.195. The summed E-state index contributed by atoms with van der Waals surface area (Å²) in [5.41, 5.74) is 4.05. The van der Waals surface area contributed by atoms with Crippen molar-refractivity contribution in [1.82, 2.24) is 5.48 Å². The molecule has 0 saturated heterocycles. The van der Waals surface area contributed by atoms with Gasteiger partial charge in [-0.2, -0.15) is 0 Å². The summed E-state index contributed by atoms with van der Waals surface area (Å²) in [4.78, 5) is 11.6. The minimum Gasteiger partial charge on any atom is -0.457 e. The maximum absolute atomic E-state index is 11.6. The van der Waals surface area contributed by atoms with E-state index in [1.165, 1.54) is 5.56 Å². The van der Waals surface area contributed by atoms with E-state index in [9.17, 15) is 4.79 Å². The number of hydrogen-bond acceptors (Lipinski definition) is 3. The third kappa shape index (κ3) is 3.24. The third-order valence-electron chi connectivity index (χ3n) is 3.92. The maximum Gasteiger partial charge on any atom is 0.246 e. The van der Waals surface area contributed by atoms with Crippen LogP contribution in [0.5, 0.6) is 11.5 Å². The molecule has 2 aromatic carbocycles. The van der Waals surface area contributed by atoms with Gasteiger partial charge in [0, 0.05) is 10.9 Å². The standard InChI is InChI=1S/C17H16ClNO3/c18-14-2-1-3-15(10-14)22-16-7-6-11-4-5-12(17(20)19-21)8-13(11)9-16/h1-3,6-7,9-10,12,21H,4-5,8H2,(H,19,20). The molecule has 1 unspecified atom stereocenters. The summed E-state index contributed by atoms with van der Waals surface area (Å²) in [5, 5.41) is 9.39. The van der Waals surface area contributed by atoms with E-state index < -0.39 is 0 Å². The highest BCUT2D eigenvalue weighted by molar-refractivity contribution is 6.30. The Morgan fingerprint density at radius 2 is 2.00 bits per heavy atom. The number of hydroxylamine groups is 1. The lowest BCUT2D eigenvalue weighted by Gasteiger charge is -2.23. The van der Waals surface area contributed by atoms with Crippen LogP contribution in [0.4, 0.5) is 0 Å². The van der Waals surface area contributed by atoms with Gasteiger partial charge in [0.05, 0.1) is 0 Å². The first-order valence-corrected chi connectivity index (χ1v) is 7.52. The number of aryl methyl sites for hydroxylation is 1. The largest absolute Gasteiger partial charge is 0.457 e. The highest BCUT2D eigenvalue weighted by Gasteiger charge is 2.24. The normalized spacial score (nSPS) is 16.7. The van der Waals surface area contributed by atoms with Crippen molar-refractivity contribution in [3.05, 3.63) is 58.6 Å². The van der Waals surface area contributed by atoms with Crippen LogP contribution < -0.4 is 10.2 Å². The Morgan fingerprint density at radius 3 is 2.77 bits per heavy atom. The van der Waals surface area contributed by atoms with Gasteiger partial charge < -0.3 is 4.74 Å². The van der Waals surface area contributed by atoms with Crippen LogP contribution in [0.3, 0.4) is 0 Å². The van der Waals surface area contributed by atoms with Gasteiger partial charge in [0.2, 0.25) is 5.91 Å². The Morgan fingerprint density at radius 1 is 1.18 bits per heavy atom. The van der Waals surface area contributed by atoms with E-state index in [2.05, 4.69) is 0 Å². The van der Waals surface area contributed by atoms with Crippen LogP contribution in [0.15, 0.2) is 42.5 Å². The molecule has 0 radical (unpaired) electrons. The quantitative estimate of drug-likeness (QED) is 0.669. The summed E-state index contributed by atoms with van der Waals surface area (Å²) in [6.45, 7) is 0. The second kappa shape index (κ2) is 6.38. The Bertz CT molecular complexity index is 702. The lowest BCUT2D eigenvalue weighted by Crippen LogP contribution is -2.31. The molecule has 5 heteroatoms. The summed E-state index contributed by atoms with van der Waals surface area (Å²) < 4.78 is 5.81. The summed E-state index contributed by atoms with van der Waals surface area (Å²) in [6.07, 6.45) is 2.17. The molecule has 1 aliphatic rings. The maximum atomic E-state index is 11.6. The SMILES string of the molecule is O=C(NO)C1CCc2ccc(Oc3cccc(Cl)c3)cc2C1. The number of ether oxygens (including phenoxy) is 1. The van der Waals surface area contributed by atoms with Crippen LogP contribution in [0.2, 0.25) is 5.02 Å². The fourth-order valence-corrected chi connectivity index (χ4v) is 2.96. The molecular formula is C17H16ClNO3. The van der Waals surface area contributed by atoms with Crippen molar-refractivity contribution in [2.24, 2.45) is 5.92 Å². The monoisotopic (exact) mass is 317 g/mol. The zero-order chi connectivity index (χ0) is 15.5. The van der Waals surface area contributed by atoms with E-state index in [-0.39, 0.29) is 11.8 Å². The van der Waals surface area contributed by atoms with Gasteiger partial charge in [-0.05, 0) is 60.7 Å². The van der Waals surface area contributed by atoms with Gasteiger partial charge >= 0.3 is 0 Å². The Balaban J connectivity index is 1.80. The number of fused-ring (bicyclic) bond motifs is 1. The molecule has 1 amide bonds. The molecule has 0 spiro atoms. The highest BCUT2D eigenvalue weighted by atomic mass is 35.5. The molecular weight excluding hydrogens is 302 g/mol. The molecule has 0 saturated carbocycles. The first-order valence-electron chi connectivity index (χ1n) is 7.15. The molecule has 1 atom stereocenters. The lowest BCUT2D eigenvalue weighted by molar-refractivity contribution is -0.133. The van der Waals surface area contributed by atoms with Gasteiger partial charge in [0.25, 0.3) is 0 Å². The molecule has 0 heterocycles. The summed E-state index contributed by atoms with van der Waals surface area (Å²) >= 11 is 5.95. The summed E-state index contributed by atoms with van der Waals surface area (Å²) in [7, 11) is 0. The fraction of sp³-hybridized carbons (Fsp3) is 0.235. The van der Waals surface area contributed by atoms with Gasteiger partial charge in [0.1, 0.15) is 11.5 Å². The lowest BCUT2D eigenvalue weighted by atomic mass is 9.83. The van der Waals surface area contributed by atoms with Crippen LogP contribution in [0.1, 0.15) is 17.5 Å². The van der Waals surface area contributed by atoms with Crippen molar-refractivity contribution < 1.29 is 14.7 Å². The molecule has 0 fully saturated rings. The van der Waals surface area contributed by atoms with Gasteiger partial charge in [-0.3, -0.25) is 10.0 Å². The number of rotatable bonds is 3. The average Bonchev–Trinajstić information content (AvgIpc) is 2.53. The van der Waals surface area contributed by atoms with Crippen molar-refractivity contribution in [3.63, 3.8) is 0 Å². The van der Waals surface area contributed by atoms with Gasteiger partial charge in [0.15, 0.2) is 0 Å². The van der Waals surface area contributed by atoms with Gasteiger partial charge in [-0.1, -0.05) is 23.7 Å². The van der Waals surface area contributed by atoms with Crippen molar-refractivity contribution in [2.45, 2.75) is 19.3 Å². The molecule has 114 valence electrons. The van der Waals surface area contributed by atoms with Gasteiger partial charge in [-0.25, -0.2) is 5.48 Å². The molecule has 2 aromatic rings. The topological polar surface area (TPSA) is 58.6 Å². The molecule has 0 bridgehead atoms. The van der Waals surface area contributed by atoms with Crippen LogP contribution >= 0.6 is 11.6 Å². The first kappa shape index (κ1) is 14.9. The first-order chi connectivity index (χ1) is 10.7. The van der Waals surface area contributed by atoms with E-state index >= 15 is 0 Å². The van der Waals surface area contributed by atoms with Crippen LogP contribution in [-0.4, -0.2) is 11.1 Å². The summed E-state index contributed by atoms with van der Waals surface area (Å²) in [6, 6.07) is 13.1. The van der Waals surface area contributed by atoms with E-state index in [0.29, 0.717) is 22.9 Å². The molecule has 2 N–H and O–H groups in total. The van der Waals surface area contributed by atoms with E-state index in [1.807, 2.05) is 30.3 Å². The summed E-state index contributed by atoms with van der Waals surface area (Å²) in [5.74, 6) is 0.865. The number of carbonyl (C=O) groups is 1. The fourth-order valence-electron chi connectivity index (χ4n) is 2.78. The molecule has 1 aliphatic carbocycles. The number of nitrogens with one attached hydrogen (secondary N) is 1. The van der Waals surface area contributed by atoms with E-state index in [0.717, 1.165) is 18.4 Å². The molecule has 4 nitrogen and oxygen atoms in total. The minimum atomic E-state index is -0.327. The van der Waals surface area contributed by atoms with Crippen molar-refractivity contribution in [2.75, 3.05) is 0 Å².